The first-order chi connectivity index (χ1) is 6.49. The van der Waals surface area contributed by atoms with Crippen molar-refractivity contribution in [2.45, 2.75) is 46.6 Å². The van der Waals surface area contributed by atoms with Crippen molar-refractivity contribution < 1.29 is 4.42 Å². The zero-order valence-electron chi connectivity index (χ0n) is 9.50. The summed E-state index contributed by atoms with van der Waals surface area (Å²) in [7, 11) is 0. The minimum atomic E-state index is 0.160. The van der Waals surface area contributed by atoms with Gasteiger partial charge in [0.05, 0.1) is 5.69 Å². The molecule has 2 N–H and O–H groups in total. The summed E-state index contributed by atoms with van der Waals surface area (Å²) in [5.74, 6) is 2.30. The second-order valence-electron chi connectivity index (χ2n) is 4.34. The Hall–Kier alpha value is -0.830. The molecule has 1 heterocycles. The van der Waals surface area contributed by atoms with Gasteiger partial charge < -0.3 is 10.2 Å². The number of nitrogens with two attached hydrogens (primary N) is 1. The average Bonchev–Trinajstić information content (AvgIpc) is 2.28. The van der Waals surface area contributed by atoms with Crippen molar-refractivity contribution >= 4 is 0 Å². The van der Waals surface area contributed by atoms with Gasteiger partial charge in [0.25, 0.3) is 0 Å². The highest BCUT2D eigenvalue weighted by Gasteiger charge is 2.11. The Morgan fingerprint density at radius 3 is 2.43 bits per heavy atom. The van der Waals surface area contributed by atoms with Gasteiger partial charge in [0.15, 0.2) is 5.89 Å². The van der Waals surface area contributed by atoms with E-state index >= 15 is 0 Å². The van der Waals surface area contributed by atoms with Crippen LogP contribution >= 0.6 is 0 Å². The molecule has 1 rings (SSSR count). The smallest absolute Gasteiger partial charge is 0.196 e. The maximum absolute atomic E-state index is 5.97. The Kier molecular flexibility index (Phi) is 3.69. The van der Waals surface area contributed by atoms with E-state index in [2.05, 4.69) is 18.8 Å². The molecule has 14 heavy (non-hydrogen) atoms. The Labute approximate surface area is 85.7 Å². The summed E-state index contributed by atoms with van der Waals surface area (Å²) in [6, 6.07) is 0.160. The van der Waals surface area contributed by atoms with Crippen molar-refractivity contribution in [1.82, 2.24) is 4.98 Å². The van der Waals surface area contributed by atoms with Crippen LogP contribution in [0.25, 0.3) is 0 Å². The van der Waals surface area contributed by atoms with Gasteiger partial charge in [0, 0.05) is 12.5 Å². The first-order valence-corrected chi connectivity index (χ1v) is 5.17. The third-order valence-corrected chi connectivity index (χ3v) is 2.28. The van der Waals surface area contributed by atoms with Gasteiger partial charge in [-0.05, 0) is 26.2 Å². The molecular weight excluding hydrogens is 176 g/mol. The normalized spacial score (nSPS) is 13.6. The number of aryl methyl sites for hydroxylation is 2. The molecule has 1 atom stereocenters. The zero-order valence-corrected chi connectivity index (χ0v) is 9.50. The molecule has 3 nitrogen and oxygen atoms in total. The van der Waals surface area contributed by atoms with Gasteiger partial charge >= 0.3 is 0 Å². The summed E-state index contributed by atoms with van der Waals surface area (Å²) in [6.45, 7) is 8.23. The lowest BCUT2D eigenvalue weighted by molar-refractivity contribution is 0.420. The number of aromatic nitrogens is 1. The van der Waals surface area contributed by atoms with Crippen LogP contribution in [0.5, 0.6) is 0 Å². The highest BCUT2D eigenvalue weighted by molar-refractivity contribution is 5.05. The number of hydrogen-bond donors (Lipinski definition) is 1. The predicted molar refractivity (Wildman–Crippen MR) is 57.1 cm³/mol. The fourth-order valence-corrected chi connectivity index (χ4v) is 1.54. The van der Waals surface area contributed by atoms with E-state index in [0.717, 1.165) is 30.2 Å². The molecule has 1 aromatic heterocycles. The fourth-order valence-electron chi connectivity index (χ4n) is 1.54. The molecule has 0 bridgehead atoms. The third kappa shape index (κ3) is 3.14. The topological polar surface area (TPSA) is 52.0 Å². The van der Waals surface area contributed by atoms with Crippen LogP contribution in [0.1, 0.15) is 37.6 Å². The summed E-state index contributed by atoms with van der Waals surface area (Å²) in [6.07, 6.45) is 1.76. The van der Waals surface area contributed by atoms with Crippen LogP contribution in [-0.2, 0) is 6.42 Å². The van der Waals surface area contributed by atoms with E-state index in [-0.39, 0.29) is 6.04 Å². The first kappa shape index (κ1) is 11.2. The molecule has 0 radical (unpaired) electrons. The molecule has 1 aromatic rings. The minimum Gasteiger partial charge on any atom is -0.446 e. The van der Waals surface area contributed by atoms with Gasteiger partial charge in [-0.15, -0.1) is 0 Å². The zero-order chi connectivity index (χ0) is 10.7. The maximum atomic E-state index is 5.97. The number of nitrogens with zero attached hydrogens (tertiary/aromatic N) is 1. The molecule has 0 aromatic carbocycles. The third-order valence-electron chi connectivity index (χ3n) is 2.28. The Morgan fingerprint density at radius 1 is 1.36 bits per heavy atom. The van der Waals surface area contributed by atoms with Crippen LogP contribution in [0.3, 0.4) is 0 Å². The Bertz CT molecular complexity index is 272. The maximum Gasteiger partial charge on any atom is 0.196 e. The van der Waals surface area contributed by atoms with Crippen LogP contribution < -0.4 is 5.73 Å². The lowest BCUT2D eigenvalue weighted by Crippen LogP contribution is -2.24. The van der Waals surface area contributed by atoms with E-state index in [0.29, 0.717) is 5.92 Å². The van der Waals surface area contributed by atoms with E-state index in [4.69, 9.17) is 10.2 Å². The molecule has 1 unspecified atom stereocenters. The van der Waals surface area contributed by atoms with Crippen LogP contribution in [-0.4, -0.2) is 11.0 Å². The Morgan fingerprint density at radius 2 is 2.00 bits per heavy atom. The molecule has 80 valence electrons. The number of oxazole rings is 1. The molecule has 0 saturated carbocycles. The molecule has 3 heteroatoms. The van der Waals surface area contributed by atoms with Crippen molar-refractivity contribution in [3.63, 3.8) is 0 Å². The predicted octanol–water partition coefficient (Wildman–Crippen LogP) is 2.21. The van der Waals surface area contributed by atoms with Gasteiger partial charge in [-0.2, -0.15) is 0 Å². The molecule has 0 fully saturated rings. The lowest BCUT2D eigenvalue weighted by atomic mass is 10.0. The molecule has 0 aliphatic carbocycles. The van der Waals surface area contributed by atoms with Gasteiger partial charge in [0.2, 0.25) is 0 Å². The van der Waals surface area contributed by atoms with Crippen LogP contribution in [0.4, 0.5) is 0 Å². The number of rotatable bonds is 4. The summed E-state index contributed by atoms with van der Waals surface area (Å²) < 4.78 is 5.48. The average molecular weight is 196 g/mol. The van der Waals surface area contributed by atoms with Gasteiger partial charge in [-0.3, -0.25) is 0 Å². The first-order valence-electron chi connectivity index (χ1n) is 5.17. The minimum absolute atomic E-state index is 0.160. The van der Waals surface area contributed by atoms with Crippen molar-refractivity contribution in [2.24, 2.45) is 11.7 Å². The second-order valence-corrected chi connectivity index (χ2v) is 4.34. The van der Waals surface area contributed by atoms with Crippen LogP contribution in [0, 0.1) is 19.8 Å². The highest BCUT2D eigenvalue weighted by Crippen LogP contribution is 2.12. The van der Waals surface area contributed by atoms with Crippen molar-refractivity contribution in [1.29, 1.82) is 0 Å². The van der Waals surface area contributed by atoms with E-state index in [1.54, 1.807) is 0 Å². The van der Waals surface area contributed by atoms with E-state index in [1.807, 2.05) is 13.8 Å². The molecule has 0 saturated heterocycles. The lowest BCUT2D eigenvalue weighted by Gasteiger charge is -2.11. The molecule has 0 spiro atoms. The molecule has 0 amide bonds. The van der Waals surface area contributed by atoms with Crippen molar-refractivity contribution in [3.8, 4) is 0 Å². The van der Waals surface area contributed by atoms with Gasteiger partial charge in [-0.25, -0.2) is 4.98 Å². The largest absolute Gasteiger partial charge is 0.446 e. The summed E-state index contributed by atoms with van der Waals surface area (Å²) in [4.78, 5) is 4.31. The van der Waals surface area contributed by atoms with E-state index in [1.165, 1.54) is 0 Å². The summed E-state index contributed by atoms with van der Waals surface area (Å²) in [5, 5.41) is 0. The number of hydrogen-bond acceptors (Lipinski definition) is 3. The molecule has 0 aliphatic rings. The SMILES string of the molecule is Cc1nc(CC(N)CC(C)C)oc1C. The van der Waals surface area contributed by atoms with Crippen LogP contribution in [0.2, 0.25) is 0 Å². The van der Waals surface area contributed by atoms with Gasteiger partial charge in [-0.1, -0.05) is 13.8 Å². The Balaban J connectivity index is 2.51. The summed E-state index contributed by atoms with van der Waals surface area (Å²) >= 11 is 0. The summed E-state index contributed by atoms with van der Waals surface area (Å²) in [5.41, 5.74) is 6.94. The monoisotopic (exact) mass is 196 g/mol. The van der Waals surface area contributed by atoms with Crippen LogP contribution in [0.15, 0.2) is 4.42 Å². The fraction of sp³-hybridized carbons (Fsp3) is 0.727. The quantitative estimate of drug-likeness (QED) is 0.803. The standard InChI is InChI=1S/C11H20N2O/c1-7(2)5-10(12)6-11-13-8(3)9(4)14-11/h7,10H,5-6,12H2,1-4H3. The van der Waals surface area contributed by atoms with E-state index < -0.39 is 0 Å². The van der Waals surface area contributed by atoms with Crippen molar-refractivity contribution in [3.05, 3.63) is 17.3 Å². The highest BCUT2D eigenvalue weighted by atomic mass is 16.4. The molecular formula is C11H20N2O. The second kappa shape index (κ2) is 4.60. The van der Waals surface area contributed by atoms with Crippen molar-refractivity contribution in [2.75, 3.05) is 0 Å². The van der Waals surface area contributed by atoms with E-state index in [9.17, 15) is 0 Å². The van der Waals surface area contributed by atoms with Gasteiger partial charge in [0.1, 0.15) is 5.76 Å². The molecule has 0 aliphatic heterocycles.